The highest BCUT2D eigenvalue weighted by Crippen LogP contribution is 2.41. The molecule has 0 radical (unpaired) electrons. The van der Waals surface area contributed by atoms with Gasteiger partial charge in [0, 0.05) is 12.6 Å². The van der Waals surface area contributed by atoms with Crippen molar-refractivity contribution in [3.8, 4) is 0 Å². The summed E-state index contributed by atoms with van der Waals surface area (Å²) in [5.41, 5.74) is 1.84. The zero-order valence-electron chi connectivity index (χ0n) is 20.2. The predicted octanol–water partition coefficient (Wildman–Crippen LogP) is 2.42. The number of methoxy groups -OCH3 is 1. The van der Waals surface area contributed by atoms with Gasteiger partial charge in [-0.1, -0.05) is 36.4 Å². The van der Waals surface area contributed by atoms with Crippen molar-refractivity contribution in [1.82, 2.24) is 24.8 Å². The van der Waals surface area contributed by atoms with Gasteiger partial charge in [0.05, 0.1) is 13.4 Å². The Bertz CT molecular complexity index is 1330. The van der Waals surface area contributed by atoms with Crippen LogP contribution in [-0.4, -0.2) is 69.8 Å². The molecule has 0 saturated carbocycles. The molecule has 2 N–H and O–H groups in total. The molecule has 1 aromatic carbocycles. The van der Waals surface area contributed by atoms with Gasteiger partial charge in [-0.3, -0.25) is 9.88 Å². The molecule has 5 rings (SSSR count). The Morgan fingerprint density at radius 3 is 2.68 bits per heavy atom. The first-order chi connectivity index (χ1) is 18.1. The number of imidazole rings is 1. The fourth-order valence-corrected chi connectivity index (χ4v) is 4.21. The average Bonchev–Trinajstić information content (AvgIpc) is 3.61. The van der Waals surface area contributed by atoms with E-state index < -0.39 is 42.8 Å². The molecule has 0 spiro atoms. The molecule has 0 aliphatic carbocycles. The summed E-state index contributed by atoms with van der Waals surface area (Å²) in [5.74, 6) is -0.247. The highest BCUT2D eigenvalue weighted by molar-refractivity contribution is 5.95. The van der Waals surface area contributed by atoms with Gasteiger partial charge >= 0.3 is 12.0 Å². The zero-order chi connectivity index (χ0) is 25.8. The van der Waals surface area contributed by atoms with Crippen LogP contribution in [0.15, 0.2) is 61.2 Å². The van der Waals surface area contributed by atoms with Crippen molar-refractivity contribution < 1.29 is 28.5 Å². The van der Waals surface area contributed by atoms with Gasteiger partial charge in [0.15, 0.2) is 29.5 Å². The SMILES string of the molecule is CCNC(=O)Nc1ncnc2c1ncn2[C@@H]1O[C@H](C=CC(=O)OC)C2O[C@H](C=Cc3ccccc3)O[C@@H]21. The molecule has 2 saturated heterocycles. The molecule has 12 nitrogen and oxygen atoms in total. The molecule has 1 unspecified atom stereocenters. The van der Waals surface area contributed by atoms with Crippen molar-refractivity contribution in [2.45, 2.75) is 37.8 Å². The van der Waals surface area contributed by atoms with E-state index in [4.69, 9.17) is 18.9 Å². The Hall–Kier alpha value is -4.13. The number of benzene rings is 1. The molecule has 12 heteroatoms. The van der Waals surface area contributed by atoms with Crippen LogP contribution < -0.4 is 10.6 Å². The van der Waals surface area contributed by atoms with E-state index in [-0.39, 0.29) is 5.82 Å². The van der Waals surface area contributed by atoms with E-state index in [9.17, 15) is 9.59 Å². The fourth-order valence-electron chi connectivity index (χ4n) is 4.21. The number of fused-ring (bicyclic) bond motifs is 2. The number of esters is 1. The summed E-state index contributed by atoms with van der Waals surface area (Å²) in [6.07, 6.45) is 6.56. The number of rotatable bonds is 7. The number of aromatic nitrogens is 4. The number of amides is 2. The maximum absolute atomic E-state index is 12.0. The maximum Gasteiger partial charge on any atom is 0.330 e. The molecular formula is C25H26N6O6. The highest BCUT2D eigenvalue weighted by Gasteiger charge is 2.52. The van der Waals surface area contributed by atoms with Gasteiger partial charge < -0.3 is 24.3 Å². The monoisotopic (exact) mass is 506 g/mol. The van der Waals surface area contributed by atoms with E-state index >= 15 is 0 Å². The van der Waals surface area contributed by atoms with E-state index in [0.29, 0.717) is 17.7 Å². The summed E-state index contributed by atoms with van der Waals surface area (Å²) in [5, 5.41) is 5.33. The van der Waals surface area contributed by atoms with Crippen molar-refractivity contribution in [3.05, 3.63) is 66.8 Å². The van der Waals surface area contributed by atoms with Crippen LogP contribution in [-0.2, 0) is 23.7 Å². The number of hydrogen-bond acceptors (Lipinski definition) is 9. The van der Waals surface area contributed by atoms with E-state index in [0.717, 1.165) is 5.56 Å². The number of ether oxygens (including phenoxy) is 4. The van der Waals surface area contributed by atoms with Gasteiger partial charge in [-0.25, -0.2) is 24.5 Å². The molecule has 2 amide bonds. The molecule has 2 aliphatic heterocycles. The van der Waals surface area contributed by atoms with Crippen LogP contribution in [0.5, 0.6) is 0 Å². The quantitative estimate of drug-likeness (QED) is 0.365. The van der Waals surface area contributed by atoms with Crippen molar-refractivity contribution >= 4 is 35.1 Å². The Morgan fingerprint density at radius 2 is 1.89 bits per heavy atom. The lowest BCUT2D eigenvalue weighted by Crippen LogP contribution is -2.29. The average molecular weight is 507 g/mol. The van der Waals surface area contributed by atoms with E-state index in [2.05, 4.69) is 25.6 Å². The van der Waals surface area contributed by atoms with Gasteiger partial charge in [-0.15, -0.1) is 0 Å². The normalized spacial score (nSPS) is 25.1. The van der Waals surface area contributed by atoms with Crippen LogP contribution in [0.4, 0.5) is 10.6 Å². The maximum atomic E-state index is 12.0. The summed E-state index contributed by atoms with van der Waals surface area (Å²) in [4.78, 5) is 36.7. The molecule has 3 aromatic rings. The number of hydrogen-bond donors (Lipinski definition) is 2. The second kappa shape index (κ2) is 10.9. The first-order valence-electron chi connectivity index (χ1n) is 11.8. The van der Waals surface area contributed by atoms with Crippen molar-refractivity contribution in [1.29, 1.82) is 0 Å². The molecule has 192 valence electrons. The lowest BCUT2D eigenvalue weighted by molar-refractivity contribution is -0.135. The van der Waals surface area contributed by atoms with Crippen molar-refractivity contribution in [2.24, 2.45) is 0 Å². The number of carbonyl (C=O) groups excluding carboxylic acids is 2. The number of anilines is 1. The van der Waals surface area contributed by atoms with Crippen LogP contribution in [0, 0.1) is 0 Å². The van der Waals surface area contributed by atoms with Crippen LogP contribution in [0.3, 0.4) is 0 Å². The minimum Gasteiger partial charge on any atom is -0.466 e. The number of urea groups is 1. The standard InChI is InChI=1S/C25H26N6O6/c1-3-26-25(33)30-22-19-23(28-13-27-22)31(14-29-19)24-21-20(16(35-24)10-11-17(32)34-2)36-18(37-21)12-9-15-7-5-4-6-8-15/h4-14,16,18,20-21,24H,3H2,1-2H3,(H2,26,27,28,30,33)/t16-,18+,20?,21+,24-/m1/s1. The third-order valence-electron chi connectivity index (χ3n) is 5.88. The summed E-state index contributed by atoms with van der Waals surface area (Å²) < 4.78 is 25.0. The Labute approximate surface area is 212 Å². The minimum atomic E-state index is -0.676. The van der Waals surface area contributed by atoms with Gasteiger partial charge in [-0.05, 0) is 24.6 Å². The summed E-state index contributed by atoms with van der Waals surface area (Å²) in [6.45, 7) is 2.28. The molecule has 0 bridgehead atoms. The summed E-state index contributed by atoms with van der Waals surface area (Å²) >= 11 is 0. The van der Waals surface area contributed by atoms with Gasteiger partial charge in [0.25, 0.3) is 0 Å². The smallest absolute Gasteiger partial charge is 0.330 e. The van der Waals surface area contributed by atoms with Crippen molar-refractivity contribution in [2.75, 3.05) is 19.0 Å². The van der Waals surface area contributed by atoms with E-state index in [1.54, 1.807) is 17.0 Å². The first-order valence-corrected chi connectivity index (χ1v) is 11.8. The number of nitrogens with one attached hydrogen (secondary N) is 2. The fraction of sp³-hybridized carbons (Fsp3) is 0.320. The van der Waals surface area contributed by atoms with Crippen LogP contribution in [0.1, 0.15) is 18.7 Å². The lowest BCUT2D eigenvalue weighted by atomic mass is 10.1. The Balaban J connectivity index is 1.43. The third-order valence-corrected chi connectivity index (χ3v) is 5.88. The van der Waals surface area contributed by atoms with Crippen molar-refractivity contribution in [3.63, 3.8) is 0 Å². The minimum absolute atomic E-state index is 0.263. The molecule has 4 heterocycles. The number of nitrogens with zero attached hydrogens (tertiary/aromatic N) is 4. The van der Waals surface area contributed by atoms with Crippen LogP contribution in [0.2, 0.25) is 0 Å². The van der Waals surface area contributed by atoms with Crippen LogP contribution >= 0.6 is 0 Å². The zero-order valence-corrected chi connectivity index (χ0v) is 20.2. The summed E-state index contributed by atoms with van der Waals surface area (Å²) in [7, 11) is 1.30. The Morgan fingerprint density at radius 1 is 1.08 bits per heavy atom. The Kier molecular flexibility index (Phi) is 7.21. The van der Waals surface area contributed by atoms with E-state index in [1.165, 1.54) is 19.5 Å². The second-order valence-corrected chi connectivity index (χ2v) is 8.24. The van der Waals surface area contributed by atoms with Gasteiger partial charge in [0.2, 0.25) is 0 Å². The summed E-state index contributed by atoms with van der Waals surface area (Å²) in [6, 6.07) is 9.39. The molecule has 5 atom stereocenters. The van der Waals surface area contributed by atoms with Crippen LogP contribution in [0.25, 0.3) is 17.2 Å². The predicted molar refractivity (Wildman–Crippen MR) is 132 cm³/mol. The highest BCUT2D eigenvalue weighted by atomic mass is 16.8. The topological polar surface area (TPSA) is 139 Å². The molecule has 2 aromatic heterocycles. The second-order valence-electron chi connectivity index (χ2n) is 8.24. The molecular weight excluding hydrogens is 480 g/mol. The molecule has 2 fully saturated rings. The molecule has 37 heavy (non-hydrogen) atoms. The largest absolute Gasteiger partial charge is 0.466 e. The third kappa shape index (κ3) is 5.21. The van der Waals surface area contributed by atoms with Gasteiger partial charge in [-0.2, -0.15) is 0 Å². The molecule has 2 aliphatic rings. The van der Waals surface area contributed by atoms with E-state index in [1.807, 2.05) is 49.4 Å². The lowest BCUT2D eigenvalue weighted by Gasteiger charge is -2.19. The van der Waals surface area contributed by atoms with Gasteiger partial charge in [0.1, 0.15) is 24.6 Å². The first kappa shape index (κ1) is 24.6. The number of carbonyl (C=O) groups is 2.